The fourth-order valence-corrected chi connectivity index (χ4v) is 2.40. The number of hydrogen-bond acceptors (Lipinski definition) is 2. The van der Waals surface area contributed by atoms with Crippen LogP contribution in [0.15, 0.2) is 42.5 Å². The Balaban J connectivity index is 2.13. The number of rotatable bonds is 2. The van der Waals surface area contributed by atoms with Crippen LogP contribution in [0.5, 0.6) is 0 Å². The summed E-state index contributed by atoms with van der Waals surface area (Å²) in [6.07, 6.45) is 1.00. The van der Waals surface area contributed by atoms with E-state index in [1.807, 2.05) is 42.2 Å². The highest BCUT2D eigenvalue weighted by atomic mass is 19.1. The Labute approximate surface area is 113 Å². The Morgan fingerprint density at radius 2 is 2.00 bits per heavy atom. The zero-order valence-electron chi connectivity index (χ0n) is 10.9. The lowest BCUT2D eigenvalue weighted by Crippen LogP contribution is -2.20. The highest BCUT2D eigenvalue weighted by Crippen LogP contribution is 2.34. The maximum Gasteiger partial charge on any atom is 0.275 e. The Morgan fingerprint density at radius 1 is 1.16 bits per heavy atom. The molecule has 2 aromatic rings. The molecule has 1 aliphatic rings. The summed E-state index contributed by atoms with van der Waals surface area (Å²) in [4.78, 5) is 7.45. The lowest BCUT2D eigenvalue weighted by Gasteiger charge is -2.21. The maximum atomic E-state index is 14.0. The molecule has 2 nitrogen and oxygen atoms in total. The van der Waals surface area contributed by atoms with Gasteiger partial charge in [0.2, 0.25) is 0 Å². The molecule has 0 atom stereocenters. The van der Waals surface area contributed by atoms with Gasteiger partial charge in [0, 0.05) is 11.1 Å². The van der Waals surface area contributed by atoms with E-state index in [-0.39, 0.29) is 5.82 Å². The first kappa shape index (κ1) is 12.2. The molecule has 1 saturated heterocycles. The molecule has 19 heavy (non-hydrogen) atoms. The first-order chi connectivity index (χ1) is 9.25. The highest BCUT2D eigenvalue weighted by Gasteiger charge is 2.20. The first-order valence-electron chi connectivity index (χ1n) is 6.52. The van der Waals surface area contributed by atoms with Crippen LogP contribution in [-0.2, 0) is 4.84 Å². The highest BCUT2D eigenvalue weighted by molar-refractivity contribution is 6.41. The molecular weight excluding hydrogens is 240 g/mol. The molecule has 0 radical (unpaired) electrons. The minimum atomic E-state index is -0.200. The number of hydrogen-bond donors (Lipinski definition) is 0. The van der Waals surface area contributed by atoms with Crippen molar-refractivity contribution in [2.45, 2.75) is 13.2 Å². The maximum absolute atomic E-state index is 14.0. The molecule has 1 heterocycles. The number of anilines is 1. The molecule has 96 valence electrons. The van der Waals surface area contributed by atoms with Gasteiger partial charge in [-0.25, -0.2) is 4.39 Å². The fourth-order valence-electron chi connectivity index (χ4n) is 2.40. The second-order valence-electron chi connectivity index (χ2n) is 4.79. The zero-order valence-corrected chi connectivity index (χ0v) is 10.9. The van der Waals surface area contributed by atoms with Crippen LogP contribution in [0, 0.1) is 12.7 Å². The van der Waals surface area contributed by atoms with Gasteiger partial charge < -0.3 is 4.97 Å². The van der Waals surface area contributed by atoms with Crippen molar-refractivity contribution in [2.75, 3.05) is 11.6 Å². The van der Waals surface area contributed by atoms with Crippen molar-refractivity contribution in [2.24, 2.45) is 0 Å². The van der Waals surface area contributed by atoms with E-state index in [1.165, 1.54) is 6.07 Å². The standard InChI is InChI=1S/C15H15BFNO/c1-11-6-7-15(18-16-8-9-19-18)13(10-11)12-4-2-3-5-14(12)17/h2-7,10,16H,8-9H2,1H3. The van der Waals surface area contributed by atoms with Gasteiger partial charge in [-0.2, -0.15) is 0 Å². The van der Waals surface area contributed by atoms with Crippen molar-refractivity contribution in [3.63, 3.8) is 0 Å². The van der Waals surface area contributed by atoms with E-state index in [1.54, 1.807) is 6.07 Å². The van der Waals surface area contributed by atoms with Gasteiger partial charge in [0.25, 0.3) is 7.41 Å². The third kappa shape index (κ3) is 2.36. The summed E-state index contributed by atoms with van der Waals surface area (Å²) in [5.74, 6) is -0.200. The van der Waals surface area contributed by atoms with Crippen LogP contribution >= 0.6 is 0 Å². The van der Waals surface area contributed by atoms with Crippen LogP contribution in [0.1, 0.15) is 5.56 Å². The summed E-state index contributed by atoms with van der Waals surface area (Å²) in [6.45, 7) is 2.74. The van der Waals surface area contributed by atoms with Gasteiger partial charge in [0.05, 0.1) is 12.3 Å². The van der Waals surface area contributed by atoms with Crippen molar-refractivity contribution in [1.82, 2.24) is 0 Å². The van der Waals surface area contributed by atoms with Crippen molar-refractivity contribution in [3.05, 3.63) is 53.8 Å². The molecule has 4 heteroatoms. The largest absolute Gasteiger partial charge is 0.304 e. The van der Waals surface area contributed by atoms with E-state index >= 15 is 0 Å². The SMILES string of the molecule is Cc1ccc(N2BCCO2)c(-c2ccccc2F)c1. The van der Waals surface area contributed by atoms with Gasteiger partial charge >= 0.3 is 0 Å². The van der Waals surface area contributed by atoms with Gasteiger partial charge in [-0.1, -0.05) is 29.8 Å². The lowest BCUT2D eigenvalue weighted by molar-refractivity contribution is 0.185. The Hall–Kier alpha value is -1.81. The second-order valence-corrected chi connectivity index (χ2v) is 4.79. The smallest absolute Gasteiger partial charge is 0.275 e. The quantitative estimate of drug-likeness (QED) is 0.763. The summed E-state index contributed by atoms with van der Waals surface area (Å²) in [6, 6.07) is 12.9. The molecule has 1 aliphatic heterocycles. The van der Waals surface area contributed by atoms with Crippen LogP contribution < -0.4 is 4.97 Å². The zero-order chi connectivity index (χ0) is 13.2. The molecular formula is C15H15BFNO. The van der Waals surface area contributed by atoms with Crippen LogP contribution in [0.2, 0.25) is 6.32 Å². The number of halogens is 1. The van der Waals surface area contributed by atoms with Gasteiger partial charge in [0.15, 0.2) is 0 Å². The van der Waals surface area contributed by atoms with E-state index in [4.69, 9.17) is 4.84 Å². The predicted octanol–water partition coefficient (Wildman–Crippen LogP) is 3.32. The van der Waals surface area contributed by atoms with Crippen molar-refractivity contribution >= 4 is 13.1 Å². The Kier molecular flexibility index (Phi) is 3.26. The summed E-state index contributed by atoms with van der Waals surface area (Å²) < 4.78 is 14.0. The van der Waals surface area contributed by atoms with Crippen molar-refractivity contribution < 1.29 is 9.23 Å². The Morgan fingerprint density at radius 3 is 2.74 bits per heavy atom. The third-order valence-corrected chi connectivity index (χ3v) is 3.34. The fraction of sp³-hybridized carbons (Fsp3) is 0.200. The number of aryl methyl sites for hydroxylation is 1. The summed E-state index contributed by atoms with van der Waals surface area (Å²) >= 11 is 0. The molecule has 2 aromatic carbocycles. The summed E-state index contributed by atoms with van der Waals surface area (Å²) in [5.41, 5.74) is 3.56. The van der Waals surface area contributed by atoms with E-state index in [9.17, 15) is 4.39 Å². The van der Waals surface area contributed by atoms with Gasteiger partial charge in [-0.05, 0) is 31.4 Å². The monoisotopic (exact) mass is 255 g/mol. The first-order valence-corrected chi connectivity index (χ1v) is 6.52. The molecule has 0 bridgehead atoms. The summed E-state index contributed by atoms with van der Waals surface area (Å²) in [5, 5.41) is 0. The normalized spacial score (nSPS) is 14.5. The van der Waals surface area contributed by atoms with E-state index in [0.717, 1.165) is 37.2 Å². The van der Waals surface area contributed by atoms with Gasteiger partial charge in [0.1, 0.15) is 5.82 Å². The minimum absolute atomic E-state index is 0.200. The van der Waals surface area contributed by atoms with E-state index in [2.05, 4.69) is 0 Å². The average Bonchev–Trinajstić information content (AvgIpc) is 2.93. The predicted molar refractivity (Wildman–Crippen MR) is 77.0 cm³/mol. The van der Waals surface area contributed by atoms with Crippen LogP contribution in [-0.4, -0.2) is 14.0 Å². The van der Waals surface area contributed by atoms with E-state index < -0.39 is 0 Å². The van der Waals surface area contributed by atoms with Crippen LogP contribution in [0.25, 0.3) is 11.1 Å². The molecule has 0 saturated carbocycles. The van der Waals surface area contributed by atoms with Crippen LogP contribution in [0.4, 0.5) is 10.1 Å². The second kappa shape index (κ2) is 5.06. The van der Waals surface area contributed by atoms with Crippen molar-refractivity contribution in [1.29, 1.82) is 0 Å². The summed E-state index contributed by atoms with van der Waals surface area (Å²) in [7, 11) is 0.852. The molecule has 0 aliphatic carbocycles. The van der Waals surface area contributed by atoms with Crippen molar-refractivity contribution in [3.8, 4) is 11.1 Å². The molecule has 0 unspecified atom stereocenters. The molecule has 0 spiro atoms. The molecule has 1 fully saturated rings. The number of nitrogens with zero attached hydrogens (tertiary/aromatic N) is 1. The number of benzene rings is 2. The molecule has 0 amide bonds. The molecule has 3 rings (SSSR count). The minimum Gasteiger partial charge on any atom is -0.304 e. The lowest BCUT2D eigenvalue weighted by atomic mass is 9.88. The Bertz CT molecular complexity index is 596. The topological polar surface area (TPSA) is 12.5 Å². The third-order valence-electron chi connectivity index (χ3n) is 3.34. The molecule has 0 N–H and O–H groups in total. The average molecular weight is 255 g/mol. The van der Waals surface area contributed by atoms with Gasteiger partial charge in [-0.15, -0.1) is 0 Å². The van der Waals surface area contributed by atoms with E-state index in [0.29, 0.717) is 5.56 Å². The molecule has 0 aromatic heterocycles. The van der Waals surface area contributed by atoms with Crippen LogP contribution in [0.3, 0.4) is 0 Å². The van der Waals surface area contributed by atoms with Gasteiger partial charge in [-0.3, -0.25) is 4.84 Å².